The molecule has 0 aliphatic rings. The fraction of sp³-hybridized carbons (Fsp3) is 0.333. The second-order valence-corrected chi connectivity index (χ2v) is 4.15. The zero-order valence-electron chi connectivity index (χ0n) is 10.5. The van der Waals surface area contributed by atoms with Crippen molar-refractivity contribution >= 4 is 17.3 Å². The lowest BCUT2D eigenvalue weighted by Crippen LogP contribution is -2.20. The molecular formula is C12H15N3O3. The number of benzene rings is 1. The van der Waals surface area contributed by atoms with E-state index in [1.54, 1.807) is 0 Å². The summed E-state index contributed by atoms with van der Waals surface area (Å²) < 4.78 is 0. The van der Waals surface area contributed by atoms with E-state index in [1.165, 1.54) is 24.3 Å². The predicted molar refractivity (Wildman–Crippen MR) is 68.5 cm³/mol. The molecule has 0 radical (unpaired) electrons. The molecule has 1 amide bonds. The van der Waals surface area contributed by atoms with Crippen LogP contribution in [0.5, 0.6) is 0 Å². The van der Waals surface area contributed by atoms with E-state index in [9.17, 15) is 14.9 Å². The van der Waals surface area contributed by atoms with Gasteiger partial charge in [-0.25, -0.2) is 5.43 Å². The fourth-order valence-electron chi connectivity index (χ4n) is 1.07. The lowest BCUT2D eigenvalue weighted by atomic mass is 10.1. The molecule has 0 bridgehead atoms. The maximum Gasteiger partial charge on any atom is 0.271 e. The van der Waals surface area contributed by atoms with Crippen LogP contribution in [-0.2, 0) is 0 Å². The van der Waals surface area contributed by atoms with Gasteiger partial charge in [-0.1, -0.05) is 13.8 Å². The van der Waals surface area contributed by atoms with Gasteiger partial charge in [0.1, 0.15) is 0 Å². The number of non-ortho nitro benzene ring substituents is 1. The lowest BCUT2D eigenvalue weighted by molar-refractivity contribution is -0.384. The van der Waals surface area contributed by atoms with Crippen molar-refractivity contribution in [2.45, 2.75) is 20.8 Å². The molecule has 0 saturated heterocycles. The molecule has 1 rings (SSSR count). The zero-order chi connectivity index (χ0) is 13.7. The number of amides is 1. The molecule has 0 spiro atoms. The summed E-state index contributed by atoms with van der Waals surface area (Å²) in [7, 11) is 0. The standard InChI is InChI=1S/C12H15N3O3/c1-8(2)9(3)13-14-12(16)10-4-6-11(7-5-10)15(17)18/h4-8H,1-3H3,(H,14,16). The molecule has 1 aromatic carbocycles. The summed E-state index contributed by atoms with van der Waals surface area (Å²) in [6.45, 7) is 5.76. The van der Waals surface area contributed by atoms with Gasteiger partial charge in [0.05, 0.1) is 4.92 Å². The number of rotatable bonds is 4. The molecule has 18 heavy (non-hydrogen) atoms. The van der Waals surface area contributed by atoms with Crippen molar-refractivity contribution in [3.8, 4) is 0 Å². The molecule has 0 aromatic heterocycles. The van der Waals surface area contributed by atoms with Crippen LogP contribution in [0.25, 0.3) is 0 Å². The zero-order valence-corrected chi connectivity index (χ0v) is 10.5. The van der Waals surface area contributed by atoms with Crippen LogP contribution in [0.4, 0.5) is 5.69 Å². The molecule has 6 nitrogen and oxygen atoms in total. The summed E-state index contributed by atoms with van der Waals surface area (Å²) in [6.07, 6.45) is 0. The van der Waals surface area contributed by atoms with Crippen molar-refractivity contribution in [3.63, 3.8) is 0 Å². The third-order valence-electron chi connectivity index (χ3n) is 2.51. The van der Waals surface area contributed by atoms with Crippen molar-refractivity contribution in [3.05, 3.63) is 39.9 Å². The van der Waals surface area contributed by atoms with Crippen LogP contribution in [0.2, 0.25) is 0 Å². The summed E-state index contributed by atoms with van der Waals surface area (Å²) in [4.78, 5) is 21.6. The number of nitro benzene ring substituents is 1. The quantitative estimate of drug-likeness (QED) is 0.505. The number of hydrogen-bond acceptors (Lipinski definition) is 4. The number of nitro groups is 1. The van der Waals surface area contributed by atoms with Crippen molar-refractivity contribution in [2.24, 2.45) is 11.0 Å². The third-order valence-corrected chi connectivity index (χ3v) is 2.51. The van der Waals surface area contributed by atoms with Crippen molar-refractivity contribution < 1.29 is 9.72 Å². The van der Waals surface area contributed by atoms with Crippen LogP contribution < -0.4 is 5.43 Å². The highest BCUT2D eigenvalue weighted by Gasteiger charge is 2.09. The third kappa shape index (κ3) is 3.65. The van der Waals surface area contributed by atoms with Gasteiger partial charge in [0, 0.05) is 23.4 Å². The van der Waals surface area contributed by atoms with Gasteiger partial charge in [0.2, 0.25) is 0 Å². The summed E-state index contributed by atoms with van der Waals surface area (Å²) in [5, 5.41) is 14.4. The first-order chi connectivity index (χ1) is 8.41. The first-order valence-electron chi connectivity index (χ1n) is 5.50. The molecule has 0 aliphatic heterocycles. The Kier molecular flexibility index (Phi) is 4.53. The maximum atomic E-state index is 11.7. The molecule has 0 fully saturated rings. The van der Waals surface area contributed by atoms with Crippen molar-refractivity contribution in [1.29, 1.82) is 0 Å². The minimum atomic E-state index is -0.511. The van der Waals surface area contributed by atoms with Gasteiger partial charge in [-0.2, -0.15) is 5.10 Å². The SMILES string of the molecule is CC(=NNC(=O)c1ccc([N+](=O)[O-])cc1)C(C)C. The van der Waals surface area contributed by atoms with E-state index < -0.39 is 4.92 Å². The second-order valence-electron chi connectivity index (χ2n) is 4.15. The Morgan fingerprint density at radius 3 is 2.33 bits per heavy atom. The van der Waals surface area contributed by atoms with E-state index >= 15 is 0 Å². The normalized spacial score (nSPS) is 11.4. The molecule has 0 aliphatic carbocycles. The van der Waals surface area contributed by atoms with Gasteiger partial charge in [0.25, 0.3) is 11.6 Å². The summed E-state index contributed by atoms with van der Waals surface area (Å²) in [6, 6.07) is 5.36. The molecule has 1 aromatic rings. The Bertz CT molecular complexity index is 478. The Balaban J connectivity index is 2.73. The van der Waals surface area contributed by atoms with Crippen LogP contribution in [0, 0.1) is 16.0 Å². The van der Waals surface area contributed by atoms with E-state index in [1.807, 2.05) is 20.8 Å². The molecule has 0 unspecified atom stereocenters. The summed E-state index contributed by atoms with van der Waals surface area (Å²) >= 11 is 0. The fourth-order valence-corrected chi connectivity index (χ4v) is 1.07. The van der Waals surface area contributed by atoms with Gasteiger partial charge in [-0.3, -0.25) is 14.9 Å². The van der Waals surface area contributed by atoms with E-state index in [-0.39, 0.29) is 17.5 Å². The van der Waals surface area contributed by atoms with E-state index in [2.05, 4.69) is 10.5 Å². The molecule has 0 atom stereocenters. The Labute approximate surface area is 105 Å². The van der Waals surface area contributed by atoms with Gasteiger partial charge >= 0.3 is 0 Å². The van der Waals surface area contributed by atoms with Crippen LogP contribution in [0.3, 0.4) is 0 Å². The van der Waals surface area contributed by atoms with Gasteiger partial charge in [-0.15, -0.1) is 0 Å². The highest BCUT2D eigenvalue weighted by atomic mass is 16.6. The smallest absolute Gasteiger partial charge is 0.267 e. The topological polar surface area (TPSA) is 84.6 Å². The Morgan fingerprint density at radius 1 is 1.33 bits per heavy atom. The average molecular weight is 249 g/mol. The van der Waals surface area contributed by atoms with Crippen LogP contribution in [0.15, 0.2) is 29.4 Å². The van der Waals surface area contributed by atoms with Crippen LogP contribution >= 0.6 is 0 Å². The number of nitrogens with zero attached hydrogens (tertiary/aromatic N) is 2. The highest BCUT2D eigenvalue weighted by molar-refractivity contribution is 5.95. The molecule has 0 heterocycles. The van der Waals surface area contributed by atoms with Crippen molar-refractivity contribution in [1.82, 2.24) is 5.43 Å². The highest BCUT2D eigenvalue weighted by Crippen LogP contribution is 2.11. The number of hydrazone groups is 1. The van der Waals surface area contributed by atoms with E-state index in [0.717, 1.165) is 5.71 Å². The predicted octanol–water partition coefficient (Wildman–Crippen LogP) is 2.36. The van der Waals surface area contributed by atoms with E-state index in [0.29, 0.717) is 5.56 Å². The number of carbonyl (C=O) groups is 1. The molecule has 96 valence electrons. The largest absolute Gasteiger partial charge is 0.271 e. The van der Waals surface area contributed by atoms with E-state index in [4.69, 9.17) is 0 Å². The Hall–Kier alpha value is -2.24. The summed E-state index contributed by atoms with van der Waals surface area (Å²) in [5.74, 6) is -0.132. The van der Waals surface area contributed by atoms with Crippen LogP contribution in [-0.4, -0.2) is 16.5 Å². The minimum Gasteiger partial charge on any atom is -0.267 e. The first-order valence-corrected chi connectivity index (χ1v) is 5.50. The Morgan fingerprint density at radius 2 is 1.89 bits per heavy atom. The monoisotopic (exact) mass is 249 g/mol. The molecule has 0 saturated carbocycles. The summed E-state index contributed by atoms with van der Waals surface area (Å²) in [5.41, 5.74) is 3.50. The van der Waals surface area contributed by atoms with Gasteiger partial charge < -0.3 is 0 Å². The van der Waals surface area contributed by atoms with Crippen LogP contribution in [0.1, 0.15) is 31.1 Å². The van der Waals surface area contributed by atoms with Crippen molar-refractivity contribution in [2.75, 3.05) is 0 Å². The number of hydrogen-bond donors (Lipinski definition) is 1. The maximum absolute atomic E-state index is 11.7. The lowest BCUT2D eigenvalue weighted by Gasteiger charge is -2.04. The molecule has 6 heteroatoms. The number of carbonyl (C=O) groups excluding carboxylic acids is 1. The molecular weight excluding hydrogens is 234 g/mol. The minimum absolute atomic E-state index is 0.0478. The second kappa shape index (κ2) is 5.90. The van der Waals surface area contributed by atoms with Gasteiger partial charge in [-0.05, 0) is 25.0 Å². The first kappa shape index (κ1) is 13.8. The number of nitrogens with one attached hydrogen (secondary N) is 1. The molecule has 1 N–H and O–H groups in total. The average Bonchev–Trinajstić information content (AvgIpc) is 2.35. The van der Waals surface area contributed by atoms with Gasteiger partial charge in [0.15, 0.2) is 0 Å².